The van der Waals surface area contributed by atoms with E-state index >= 15 is 0 Å². The van der Waals surface area contributed by atoms with Crippen molar-refractivity contribution >= 4 is 12.0 Å². The van der Waals surface area contributed by atoms with Crippen LogP contribution in [-0.2, 0) is 0 Å². The van der Waals surface area contributed by atoms with E-state index in [1.807, 2.05) is 31.2 Å². The summed E-state index contributed by atoms with van der Waals surface area (Å²) in [6, 6.07) is 9.14. The smallest absolute Gasteiger partial charge is 0.356 e. The fourth-order valence-corrected chi connectivity index (χ4v) is 4.07. The van der Waals surface area contributed by atoms with E-state index in [4.69, 9.17) is 9.84 Å². The number of carbonyl (C=O) groups is 2. The van der Waals surface area contributed by atoms with Gasteiger partial charge in [-0.3, -0.25) is 0 Å². The summed E-state index contributed by atoms with van der Waals surface area (Å²) in [6.45, 7) is 3.38. The maximum absolute atomic E-state index is 12.5. The summed E-state index contributed by atoms with van der Waals surface area (Å²) in [7, 11) is 0. The second-order valence-electron chi connectivity index (χ2n) is 7.19. The summed E-state index contributed by atoms with van der Waals surface area (Å²) in [5, 5.41) is 12.8. The van der Waals surface area contributed by atoms with Crippen LogP contribution in [-0.4, -0.2) is 51.0 Å². The molecule has 7 heteroatoms. The number of amides is 1. The predicted octanol–water partition coefficient (Wildman–Crippen LogP) is 2.65. The van der Waals surface area contributed by atoms with Crippen LogP contribution in [0.5, 0.6) is 5.75 Å². The van der Waals surface area contributed by atoms with Gasteiger partial charge in [-0.05, 0) is 55.4 Å². The van der Waals surface area contributed by atoms with Gasteiger partial charge < -0.3 is 14.7 Å². The van der Waals surface area contributed by atoms with Gasteiger partial charge in [0.25, 0.3) is 0 Å². The number of rotatable bonds is 3. The molecule has 136 valence electrons. The largest absolute Gasteiger partial charge is 0.490 e. The van der Waals surface area contributed by atoms with Crippen LogP contribution >= 0.6 is 0 Å². The Bertz CT molecular complexity index is 833. The Morgan fingerprint density at radius 1 is 1.19 bits per heavy atom. The number of nitrogens with zero attached hydrogens (tertiary/aromatic N) is 3. The van der Waals surface area contributed by atoms with Crippen LogP contribution in [0.25, 0.3) is 0 Å². The molecule has 4 rings (SSSR count). The first kappa shape index (κ1) is 16.6. The first-order valence-corrected chi connectivity index (χ1v) is 8.81. The Labute approximate surface area is 151 Å². The molecule has 1 saturated carbocycles. The zero-order valence-electron chi connectivity index (χ0n) is 14.5. The lowest BCUT2D eigenvalue weighted by Crippen LogP contribution is -2.34. The number of aryl methyl sites for hydroxylation is 1. The number of carbonyl (C=O) groups excluding carboxylic acids is 1. The molecule has 2 heterocycles. The number of benzene rings is 1. The average Bonchev–Trinajstić information content (AvgIpc) is 3.28. The van der Waals surface area contributed by atoms with Gasteiger partial charge >= 0.3 is 12.0 Å². The van der Waals surface area contributed by atoms with E-state index in [-0.39, 0.29) is 17.8 Å². The Balaban J connectivity index is 1.35. The number of aromatic carboxylic acids is 1. The normalized spacial score (nSPS) is 24.5. The highest BCUT2D eigenvalue weighted by Gasteiger charge is 2.43. The van der Waals surface area contributed by atoms with Crippen molar-refractivity contribution in [3.8, 4) is 5.75 Å². The molecular formula is C19H21N3O4. The van der Waals surface area contributed by atoms with Crippen LogP contribution in [0.1, 0.15) is 28.9 Å². The van der Waals surface area contributed by atoms with Crippen LogP contribution in [0.4, 0.5) is 4.79 Å². The van der Waals surface area contributed by atoms with Crippen molar-refractivity contribution in [1.29, 1.82) is 0 Å². The van der Waals surface area contributed by atoms with E-state index < -0.39 is 5.97 Å². The number of aromatic nitrogens is 2. The molecule has 1 saturated heterocycles. The summed E-state index contributed by atoms with van der Waals surface area (Å²) in [6.07, 6.45) is 3.46. The molecule has 0 bridgehead atoms. The quantitative estimate of drug-likeness (QED) is 0.915. The molecule has 3 atom stereocenters. The number of likely N-dealkylation sites (tertiary alicyclic amines) is 1. The Morgan fingerprint density at radius 3 is 2.54 bits per heavy atom. The molecule has 0 radical (unpaired) electrons. The van der Waals surface area contributed by atoms with Gasteiger partial charge in [0, 0.05) is 19.3 Å². The molecule has 1 aliphatic carbocycles. The molecular weight excluding hydrogens is 334 g/mol. The second kappa shape index (κ2) is 6.48. The van der Waals surface area contributed by atoms with Crippen molar-refractivity contribution < 1.29 is 19.4 Å². The highest BCUT2D eigenvalue weighted by Crippen LogP contribution is 2.40. The second-order valence-corrected chi connectivity index (χ2v) is 7.19. The number of hydrogen-bond acceptors (Lipinski definition) is 4. The molecule has 1 N–H and O–H groups in total. The van der Waals surface area contributed by atoms with Gasteiger partial charge in [-0.1, -0.05) is 12.1 Å². The van der Waals surface area contributed by atoms with E-state index in [2.05, 4.69) is 5.10 Å². The standard InChI is InChI=1S/C19H21N3O4/c1-12-3-2-4-15(7-12)26-16-8-13-10-21(11-14(13)9-16)19(25)22-6-5-17(20-22)18(23)24/h2-7,13-14,16H,8-11H2,1H3,(H,23,24)/t13-,14+,16?. The van der Waals surface area contributed by atoms with E-state index in [1.54, 1.807) is 4.90 Å². The summed E-state index contributed by atoms with van der Waals surface area (Å²) in [5.41, 5.74) is 1.06. The molecule has 2 aromatic rings. The maximum Gasteiger partial charge on any atom is 0.356 e. The summed E-state index contributed by atoms with van der Waals surface area (Å²) < 4.78 is 7.23. The van der Waals surface area contributed by atoms with Crippen molar-refractivity contribution in [2.45, 2.75) is 25.9 Å². The van der Waals surface area contributed by atoms with Crippen molar-refractivity contribution in [3.63, 3.8) is 0 Å². The highest BCUT2D eigenvalue weighted by molar-refractivity contribution is 5.86. The molecule has 1 aromatic heterocycles. The molecule has 0 spiro atoms. The minimum Gasteiger partial charge on any atom is -0.490 e. The molecule has 2 fully saturated rings. The fourth-order valence-electron chi connectivity index (χ4n) is 4.07. The molecule has 7 nitrogen and oxygen atoms in total. The topological polar surface area (TPSA) is 84.7 Å². The fraction of sp³-hybridized carbons (Fsp3) is 0.421. The molecule has 1 aromatic carbocycles. The van der Waals surface area contributed by atoms with Crippen LogP contribution in [0.15, 0.2) is 36.5 Å². The summed E-state index contributed by atoms with van der Waals surface area (Å²) in [5.74, 6) is 0.609. The number of hydrogen-bond donors (Lipinski definition) is 1. The predicted molar refractivity (Wildman–Crippen MR) is 93.4 cm³/mol. The number of ether oxygens (including phenoxy) is 1. The Kier molecular flexibility index (Phi) is 4.14. The van der Waals surface area contributed by atoms with Gasteiger partial charge in [0.15, 0.2) is 5.69 Å². The monoisotopic (exact) mass is 355 g/mol. The lowest BCUT2D eigenvalue weighted by atomic mass is 10.0. The lowest BCUT2D eigenvalue weighted by Gasteiger charge is -2.20. The van der Waals surface area contributed by atoms with Crippen molar-refractivity contribution in [1.82, 2.24) is 14.7 Å². The van der Waals surface area contributed by atoms with E-state index in [0.717, 1.165) is 23.3 Å². The first-order chi connectivity index (χ1) is 12.5. The van der Waals surface area contributed by atoms with Crippen molar-refractivity contribution in [2.24, 2.45) is 11.8 Å². The van der Waals surface area contributed by atoms with Gasteiger partial charge in [0.1, 0.15) is 5.75 Å². The van der Waals surface area contributed by atoms with Gasteiger partial charge in [-0.25, -0.2) is 9.59 Å². The van der Waals surface area contributed by atoms with Gasteiger partial charge in [-0.2, -0.15) is 9.78 Å². The van der Waals surface area contributed by atoms with Crippen molar-refractivity contribution in [2.75, 3.05) is 13.1 Å². The SMILES string of the molecule is Cc1cccc(OC2C[C@@H]3CN(C(=O)n4ccc(C(=O)O)n4)C[C@@H]3C2)c1. The summed E-state index contributed by atoms with van der Waals surface area (Å²) in [4.78, 5) is 25.2. The van der Waals surface area contributed by atoms with Crippen LogP contribution in [0.3, 0.4) is 0 Å². The first-order valence-electron chi connectivity index (χ1n) is 8.81. The van der Waals surface area contributed by atoms with E-state index in [9.17, 15) is 9.59 Å². The Morgan fingerprint density at radius 2 is 1.92 bits per heavy atom. The van der Waals surface area contributed by atoms with E-state index in [1.165, 1.54) is 17.8 Å². The van der Waals surface area contributed by atoms with Gasteiger partial charge in [0.2, 0.25) is 0 Å². The number of fused-ring (bicyclic) bond motifs is 1. The number of carboxylic acid groups (broad SMARTS) is 1. The average molecular weight is 355 g/mol. The zero-order valence-corrected chi connectivity index (χ0v) is 14.5. The van der Waals surface area contributed by atoms with E-state index in [0.29, 0.717) is 24.9 Å². The van der Waals surface area contributed by atoms with Crippen LogP contribution in [0.2, 0.25) is 0 Å². The molecule has 2 aliphatic rings. The number of carboxylic acids is 1. The Hall–Kier alpha value is -2.83. The zero-order chi connectivity index (χ0) is 18.3. The minimum absolute atomic E-state index is 0.121. The third-order valence-corrected chi connectivity index (χ3v) is 5.27. The molecule has 1 aliphatic heterocycles. The van der Waals surface area contributed by atoms with Gasteiger partial charge in [-0.15, -0.1) is 0 Å². The van der Waals surface area contributed by atoms with Crippen LogP contribution in [0, 0.1) is 18.8 Å². The van der Waals surface area contributed by atoms with Crippen molar-refractivity contribution in [3.05, 3.63) is 47.8 Å². The third kappa shape index (κ3) is 3.16. The molecule has 1 unspecified atom stereocenters. The third-order valence-electron chi connectivity index (χ3n) is 5.27. The minimum atomic E-state index is -1.13. The maximum atomic E-state index is 12.5. The highest BCUT2D eigenvalue weighted by atomic mass is 16.5. The molecule has 1 amide bonds. The lowest BCUT2D eigenvalue weighted by molar-refractivity contribution is 0.0690. The van der Waals surface area contributed by atoms with Crippen LogP contribution < -0.4 is 4.74 Å². The summed E-state index contributed by atoms with van der Waals surface area (Å²) >= 11 is 0. The van der Waals surface area contributed by atoms with Gasteiger partial charge in [0.05, 0.1) is 6.10 Å². The molecule has 26 heavy (non-hydrogen) atoms.